The lowest BCUT2D eigenvalue weighted by Crippen LogP contribution is -2.10. The van der Waals surface area contributed by atoms with Crippen molar-refractivity contribution in [2.45, 2.75) is 26.7 Å². The second-order valence-corrected chi connectivity index (χ2v) is 3.75. The Bertz CT molecular complexity index is 687. The van der Waals surface area contributed by atoms with Crippen LogP contribution >= 0.6 is 0 Å². The predicted octanol–water partition coefficient (Wildman–Crippen LogP) is 0.925. The average molecular weight is 253 g/mol. The lowest BCUT2D eigenvalue weighted by atomic mass is 10.2. The van der Waals surface area contributed by atoms with Crippen molar-refractivity contribution in [3.63, 3.8) is 0 Å². The quantitative estimate of drug-likeness (QED) is 0.805. The van der Waals surface area contributed by atoms with Crippen molar-refractivity contribution < 1.29 is 0 Å². The summed E-state index contributed by atoms with van der Waals surface area (Å²) in [5.74, 6) is 0.264. The van der Waals surface area contributed by atoms with E-state index in [2.05, 4.69) is 20.2 Å². The fourth-order valence-electron chi connectivity index (χ4n) is 1.72. The van der Waals surface area contributed by atoms with Gasteiger partial charge < -0.3 is 0 Å². The zero-order valence-electron chi connectivity index (χ0n) is 10.6. The van der Waals surface area contributed by atoms with Crippen LogP contribution in [0.15, 0.2) is 6.33 Å². The lowest BCUT2D eigenvalue weighted by molar-refractivity contribution is 0.770. The number of aromatic nitrogens is 5. The molecule has 0 aromatic carbocycles. The molecule has 2 aromatic rings. The first kappa shape index (κ1) is 12.7. The molecular weight excluding hydrogens is 242 g/mol. The topological polar surface area (TPSA) is 104 Å². The Morgan fingerprint density at radius 2 is 1.84 bits per heavy atom. The first-order valence-corrected chi connectivity index (χ1v) is 5.85. The minimum absolute atomic E-state index is 0.0590. The molecule has 0 unspecified atom stereocenters. The van der Waals surface area contributed by atoms with Crippen molar-refractivity contribution in [2.75, 3.05) is 0 Å². The van der Waals surface area contributed by atoms with Crippen LogP contribution < -0.4 is 0 Å². The van der Waals surface area contributed by atoms with Gasteiger partial charge in [-0.05, 0) is 12.8 Å². The second-order valence-electron chi connectivity index (χ2n) is 3.75. The first-order valence-electron chi connectivity index (χ1n) is 5.85. The third-order valence-corrected chi connectivity index (χ3v) is 2.69. The summed E-state index contributed by atoms with van der Waals surface area (Å²) < 4.78 is 1.38. The van der Waals surface area contributed by atoms with Crippen LogP contribution in [-0.2, 0) is 12.8 Å². The predicted molar refractivity (Wildman–Crippen MR) is 65.1 cm³/mol. The van der Waals surface area contributed by atoms with Gasteiger partial charge in [-0.25, -0.2) is 9.97 Å². The Morgan fingerprint density at radius 1 is 1.11 bits per heavy atom. The summed E-state index contributed by atoms with van der Waals surface area (Å²) in [6.45, 7) is 3.96. The zero-order chi connectivity index (χ0) is 13.8. The van der Waals surface area contributed by atoms with Gasteiger partial charge >= 0.3 is 0 Å². The number of nitriles is 2. The van der Waals surface area contributed by atoms with E-state index in [4.69, 9.17) is 10.5 Å². The lowest BCUT2D eigenvalue weighted by Gasteiger charge is -2.06. The molecule has 0 saturated carbocycles. The molecule has 19 heavy (non-hydrogen) atoms. The molecule has 2 rings (SSSR count). The summed E-state index contributed by atoms with van der Waals surface area (Å²) in [5, 5.41) is 26.0. The maximum atomic E-state index is 9.07. The van der Waals surface area contributed by atoms with Crippen LogP contribution in [0, 0.1) is 22.7 Å². The van der Waals surface area contributed by atoms with Crippen LogP contribution in [0.1, 0.15) is 36.6 Å². The average Bonchev–Trinajstić information content (AvgIpc) is 2.89. The first-order chi connectivity index (χ1) is 9.24. The fraction of sp³-hybridized carbons (Fsp3) is 0.333. The second kappa shape index (κ2) is 5.23. The van der Waals surface area contributed by atoms with Crippen molar-refractivity contribution in [2.24, 2.45) is 0 Å². The molecule has 0 saturated heterocycles. The maximum Gasteiger partial charge on any atom is 0.256 e. The molecule has 7 heteroatoms. The summed E-state index contributed by atoms with van der Waals surface area (Å²) in [6, 6.07) is 3.79. The molecule has 0 radical (unpaired) electrons. The fourth-order valence-corrected chi connectivity index (χ4v) is 1.72. The Morgan fingerprint density at radius 3 is 2.42 bits per heavy atom. The summed E-state index contributed by atoms with van der Waals surface area (Å²) in [6.07, 6.45) is 2.84. The van der Waals surface area contributed by atoms with E-state index in [9.17, 15) is 0 Å². The summed E-state index contributed by atoms with van der Waals surface area (Å²) in [4.78, 5) is 8.23. The molecule has 0 atom stereocenters. The van der Waals surface area contributed by atoms with Crippen LogP contribution in [0.4, 0.5) is 0 Å². The number of hydrogen-bond donors (Lipinski definition) is 0. The van der Waals surface area contributed by atoms with Gasteiger partial charge in [-0.3, -0.25) is 4.57 Å². The third-order valence-electron chi connectivity index (χ3n) is 2.69. The highest BCUT2D eigenvalue weighted by molar-refractivity contribution is 5.39. The zero-order valence-corrected chi connectivity index (χ0v) is 10.6. The minimum Gasteiger partial charge on any atom is -0.255 e. The van der Waals surface area contributed by atoms with E-state index < -0.39 is 0 Å². The van der Waals surface area contributed by atoms with Crippen LogP contribution in [0.2, 0.25) is 0 Å². The van der Waals surface area contributed by atoms with Crippen molar-refractivity contribution in [1.82, 2.24) is 24.7 Å². The number of rotatable bonds is 3. The molecule has 0 spiro atoms. The van der Waals surface area contributed by atoms with E-state index in [0.717, 1.165) is 24.2 Å². The van der Waals surface area contributed by atoms with Gasteiger partial charge in [0.15, 0.2) is 11.4 Å². The van der Waals surface area contributed by atoms with Gasteiger partial charge in [0.05, 0.1) is 11.4 Å². The third kappa shape index (κ3) is 2.14. The van der Waals surface area contributed by atoms with E-state index in [1.165, 1.54) is 10.9 Å². The Labute approximate surface area is 110 Å². The van der Waals surface area contributed by atoms with Crippen LogP contribution in [0.5, 0.6) is 0 Å². The van der Waals surface area contributed by atoms with Gasteiger partial charge in [0.25, 0.3) is 5.95 Å². The van der Waals surface area contributed by atoms with Crippen molar-refractivity contribution >= 4 is 0 Å². The van der Waals surface area contributed by atoms with Crippen molar-refractivity contribution in [3.8, 4) is 18.1 Å². The smallest absolute Gasteiger partial charge is 0.255 e. The highest BCUT2D eigenvalue weighted by atomic mass is 15.3. The van der Waals surface area contributed by atoms with E-state index in [1.54, 1.807) is 0 Å². The standard InChI is InChI=1S/C12H11N7/c1-3-8-9(4-2)17-18-12(16-8)19-7-15-10(5-13)11(19)6-14/h7H,3-4H2,1-2H3. The van der Waals surface area contributed by atoms with Crippen LogP contribution in [0.25, 0.3) is 5.95 Å². The molecule has 0 aliphatic rings. The molecule has 94 valence electrons. The van der Waals surface area contributed by atoms with Gasteiger partial charge in [-0.15, -0.1) is 10.2 Å². The molecule has 0 bridgehead atoms. The summed E-state index contributed by atoms with van der Waals surface area (Å²) in [5.41, 5.74) is 1.85. The normalized spacial score (nSPS) is 9.89. The monoisotopic (exact) mass is 253 g/mol. The minimum atomic E-state index is 0.0590. The largest absolute Gasteiger partial charge is 0.256 e. The molecule has 2 heterocycles. The molecular formula is C12H11N7. The van der Waals surface area contributed by atoms with Gasteiger partial charge in [0.1, 0.15) is 18.5 Å². The van der Waals surface area contributed by atoms with Gasteiger partial charge in [-0.2, -0.15) is 10.5 Å². The molecule has 0 aliphatic heterocycles. The Balaban J connectivity index is 2.58. The molecule has 0 N–H and O–H groups in total. The van der Waals surface area contributed by atoms with E-state index in [-0.39, 0.29) is 17.3 Å². The SMILES string of the molecule is CCc1nnc(-n2cnc(C#N)c2C#N)nc1CC. The van der Waals surface area contributed by atoms with Crippen LogP contribution in [0.3, 0.4) is 0 Å². The van der Waals surface area contributed by atoms with E-state index in [0.29, 0.717) is 0 Å². The number of aryl methyl sites for hydroxylation is 2. The van der Waals surface area contributed by atoms with Crippen molar-refractivity contribution in [1.29, 1.82) is 10.5 Å². The van der Waals surface area contributed by atoms with Gasteiger partial charge in [0.2, 0.25) is 0 Å². The highest BCUT2D eigenvalue weighted by Crippen LogP contribution is 2.12. The molecule has 7 nitrogen and oxygen atoms in total. The number of imidazole rings is 1. The molecule has 0 aliphatic carbocycles. The summed E-state index contributed by atoms with van der Waals surface area (Å²) in [7, 11) is 0. The summed E-state index contributed by atoms with van der Waals surface area (Å²) >= 11 is 0. The highest BCUT2D eigenvalue weighted by Gasteiger charge is 2.15. The van der Waals surface area contributed by atoms with E-state index >= 15 is 0 Å². The van der Waals surface area contributed by atoms with Crippen molar-refractivity contribution in [3.05, 3.63) is 29.1 Å². The Kier molecular flexibility index (Phi) is 3.48. The number of hydrogen-bond acceptors (Lipinski definition) is 6. The Hall–Kier alpha value is -2.80. The number of nitrogens with zero attached hydrogens (tertiary/aromatic N) is 7. The molecule has 0 amide bonds. The van der Waals surface area contributed by atoms with E-state index in [1.807, 2.05) is 26.0 Å². The van der Waals surface area contributed by atoms with Crippen LogP contribution in [-0.4, -0.2) is 24.7 Å². The molecule has 2 aromatic heterocycles. The maximum absolute atomic E-state index is 9.07. The van der Waals surface area contributed by atoms with Gasteiger partial charge in [-0.1, -0.05) is 13.8 Å². The van der Waals surface area contributed by atoms with Gasteiger partial charge in [0, 0.05) is 0 Å². The molecule has 0 fully saturated rings.